The lowest BCUT2D eigenvalue weighted by molar-refractivity contribution is 0.0119. The minimum absolute atomic E-state index is 0.0278. The van der Waals surface area contributed by atoms with E-state index in [4.69, 9.17) is 40.0 Å². The Morgan fingerprint density at radius 3 is 2.57 bits per heavy atom. The fourth-order valence-corrected chi connectivity index (χ4v) is 8.25. The van der Waals surface area contributed by atoms with Gasteiger partial charge < -0.3 is 38.6 Å². The zero-order valence-corrected chi connectivity index (χ0v) is 36.5. The van der Waals surface area contributed by atoms with Crippen molar-refractivity contribution in [3.8, 4) is 28.9 Å². The van der Waals surface area contributed by atoms with Crippen LogP contribution in [-0.2, 0) is 14.2 Å². The number of aromatic nitrogens is 3. The predicted octanol–water partition coefficient (Wildman–Crippen LogP) is 8.52. The largest absolute Gasteiger partial charge is 0.471 e. The second-order valence-corrected chi connectivity index (χ2v) is 18.4. The van der Waals surface area contributed by atoms with Crippen molar-refractivity contribution in [3.63, 3.8) is 0 Å². The summed E-state index contributed by atoms with van der Waals surface area (Å²) in [5, 5.41) is 3.38. The number of hydrogen-bond acceptors (Lipinski definition) is 12. The zero-order chi connectivity index (χ0) is 43.5. The van der Waals surface area contributed by atoms with Crippen molar-refractivity contribution in [1.82, 2.24) is 30.1 Å². The molecule has 3 fully saturated rings. The second-order valence-electron chi connectivity index (χ2n) is 18.0. The van der Waals surface area contributed by atoms with Gasteiger partial charge in [0.25, 0.3) is 0 Å². The number of benzene rings is 1. The molecule has 2 amide bonds. The van der Waals surface area contributed by atoms with Gasteiger partial charge in [0.2, 0.25) is 5.88 Å². The standard InChI is InChI=1S/C43H57ClF2N6O8/c1-40(2,3)59-36-31-22-47-34(33(46)35(31)48-37(49-36)57-25-43-15-12-17-52(43)23-27(45)21-43)30-19-28(58-26-55-8)20-32(44)29(30)13-9-10-18-56-38(53)50-42(7)14-11-16-51(24-42)39(54)60-41(4,5)6/h9,13,19-20,22,27H,10-12,14-18,21,23-26H2,1-8H3,(H,50,53)/b13-9-/t27-,42-,43+/m1/s1. The number of methoxy groups -OCH3 is 1. The number of amides is 2. The summed E-state index contributed by atoms with van der Waals surface area (Å²) in [6.45, 7) is 14.9. The fraction of sp³-hybridized carbons (Fsp3) is 0.605. The quantitative estimate of drug-likeness (QED) is 0.130. The molecule has 3 atom stereocenters. The first-order valence-electron chi connectivity index (χ1n) is 20.4. The van der Waals surface area contributed by atoms with E-state index in [1.54, 1.807) is 29.2 Å². The fourth-order valence-electron chi connectivity index (χ4n) is 7.97. The summed E-state index contributed by atoms with van der Waals surface area (Å²) in [5.74, 6) is -0.378. The Hall–Kier alpha value is -4.54. The van der Waals surface area contributed by atoms with Crippen LogP contribution in [0.25, 0.3) is 28.2 Å². The molecule has 0 aliphatic carbocycles. The van der Waals surface area contributed by atoms with Crippen molar-refractivity contribution in [2.24, 2.45) is 0 Å². The highest BCUT2D eigenvalue weighted by Gasteiger charge is 2.49. The van der Waals surface area contributed by atoms with Gasteiger partial charge in [-0.15, -0.1) is 0 Å². The van der Waals surface area contributed by atoms with Crippen molar-refractivity contribution >= 4 is 40.8 Å². The average Bonchev–Trinajstić information content (AvgIpc) is 3.68. The van der Waals surface area contributed by atoms with Gasteiger partial charge in [-0.25, -0.2) is 18.4 Å². The number of rotatable bonds is 13. The minimum Gasteiger partial charge on any atom is -0.471 e. The summed E-state index contributed by atoms with van der Waals surface area (Å²) < 4.78 is 65.7. The van der Waals surface area contributed by atoms with Crippen LogP contribution in [0, 0.1) is 5.82 Å². The first-order valence-corrected chi connectivity index (χ1v) is 20.8. The second kappa shape index (κ2) is 18.2. The SMILES string of the molecule is COCOc1cc(Cl)c(/C=C\CCOC(=O)N[C@]2(C)CCCN(C(=O)OC(C)(C)C)C2)c(-c2ncc3c(OC(C)(C)C)nc(OC[C@@]45CCCN4C[C@H](F)C5)nc3c2F)c1. The van der Waals surface area contributed by atoms with Gasteiger partial charge in [-0.2, -0.15) is 9.97 Å². The summed E-state index contributed by atoms with van der Waals surface area (Å²) in [6.07, 6.45) is 6.61. The van der Waals surface area contributed by atoms with Crippen LogP contribution < -0.4 is 19.5 Å². The minimum atomic E-state index is -0.946. The summed E-state index contributed by atoms with van der Waals surface area (Å²) >= 11 is 6.82. The summed E-state index contributed by atoms with van der Waals surface area (Å²) in [5.41, 5.74) is -1.96. The van der Waals surface area contributed by atoms with Crippen molar-refractivity contribution in [2.75, 3.05) is 53.3 Å². The van der Waals surface area contributed by atoms with Gasteiger partial charge >= 0.3 is 18.2 Å². The third-order valence-corrected chi connectivity index (χ3v) is 10.8. The maximum absolute atomic E-state index is 17.0. The molecule has 0 bridgehead atoms. The van der Waals surface area contributed by atoms with Gasteiger partial charge in [0.05, 0.1) is 28.1 Å². The molecule has 2 aromatic heterocycles. The Balaban J connectivity index is 1.22. The molecule has 1 N–H and O–H groups in total. The van der Waals surface area contributed by atoms with E-state index in [2.05, 4.69) is 25.2 Å². The number of nitrogens with one attached hydrogen (secondary N) is 1. The molecule has 0 spiro atoms. The summed E-state index contributed by atoms with van der Waals surface area (Å²) in [7, 11) is 1.48. The van der Waals surface area contributed by atoms with Crippen LogP contribution in [0.5, 0.6) is 17.6 Å². The molecule has 5 heterocycles. The lowest BCUT2D eigenvalue weighted by atomic mass is 9.91. The molecular weight excluding hydrogens is 802 g/mol. The van der Waals surface area contributed by atoms with E-state index in [9.17, 15) is 14.0 Å². The summed E-state index contributed by atoms with van der Waals surface area (Å²) in [6, 6.07) is 3.08. The number of alkyl carbamates (subject to hydrolysis) is 1. The number of piperidine rings is 1. The number of carbonyl (C=O) groups excluding carboxylic acids is 2. The van der Waals surface area contributed by atoms with Crippen molar-refractivity contribution < 1.29 is 46.8 Å². The van der Waals surface area contributed by atoms with Gasteiger partial charge in [-0.05, 0) is 99.2 Å². The van der Waals surface area contributed by atoms with Crippen LogP contribution in [0.1, 0.15) is 92.6 Å². The number of halogens is 3. The van der Waals surface area contributed by atoms with Crippen LogP contribution in [0.4, 0.5) is 18.4 Å². The number of nitrogens with zero attached hydrogens (tertiary/aromatic N) is 5. The molecule has 0 saturated carbocycles. The topological polar surface area (TPSA) is 147 Å². The Bertz CT molecular complexity index is 2080. The maximum atomic E-state index is 17.0. The van der Waals surface area contributed by atoms with Crippen LogP contribution >= 0.6 is 11.6 Å². The normalized spacial score (nSPS) is 22.2. The molecule has 17 heteroatoms. The molecule has 328 valence electrons. The number of ether oxygens (including phenoxy) is 6. The van der Waals surface area contributed by atoms with Crippen LogP contribution in [-0.4, -0.2) is 119 Å². The smallest absolute Gasteiger partial charge is 0.410 e. The molecular formula is C43H57ClF2N6O8. The zero-order valence-electron chi connectivity index (χ0n) is 35.8. The Labute approximate surface area is 355 Å². The molecule has 6 rings (SSSR count). The number of hydrogen-bond donors (Lipinski definition) is 1. The molecule has 3 saturated heterocycles. The van der Waals surface area contributed by atoms with Crippen molar-refractivity contribution in [1.29, 1.82) is 0 Å². The average molecular weight is 859 g/mol. The monoisotopic (exact) mass is 858 g/mol. The molecule has 0 radical (unpaired) electrons. The van der Waals surface area contributed by atoms with E-state index >= 15 is 4.39 Å². The number of carbonyl (C=O) groups is 2. The molecule has 14 nitrogen and oxygen atoms in total. The summed E-state index contributed by atoms with van der Waals surface area (Å²) in [4.78, 5) is 42.9. The number of pyridine rings is 1. The first-order chi connectivity index (χ1) is 28.3. The van der Waals surface area contributed by atoms with E-state index in [1.165, 1.54) is 13.3 Å². The van der Waals surface area contributed by atoms with Gasteiger partial charge in [-0.1, -0.05) is 23.8 Å². The molecule has 0 unspecified atom stereocenters. The molecule has 3 aliphatic rings. The Morgan fingerprint density at radius 2 is 1.83 bits per heavy atom. The highest BCUT2D eigenvalue weighted by molar-refractivity contribution is 6.32. The van der Waals surface area contributed by atoms with Gasteiger partial charge in [-0.3, -0.25) is 9.88 Å². The maximum Gasteiger partial charge on any atom is 0.410 e. The van der Waals surface area contributed by atoms with E-state index in [-0.39, 0.29) is 60.1 Å². The van der Waals surface area contributed by atoms with E-state index < -0.39 is 46.5 Å². The molecule has 60 heavy (non-hydrogen) atoms. The molecule has 3 aliphatic heterocycles. The number of fused-ring (bicyclic) bond motifs is 2. The third kappa shape index (κ3) is 11.0. The lowest BCUT2D eigenvalue weighted by Crippen LogP contribution is -2.58. The first kappa shape index (κ1) is 45.0. The van der Waals surface area contributed by atoms with Crippen LogP contribution in [0.15, 0.2) is 24.4 Å². The van der Waals surface area contributed by atoms with Gasteiger partial charge in [0, 0.05) is 50.5 Å². The van der Waals surface area contributed by atoms with E-state index in [0.717, 1.165) is 19.4 Å². The molecule has 1 aromatic carbocycles. The molecule has 3 aromatic rings. The number of likely N-dealkylation sites (tertiary alicyclic amines) is 1. The Morgan fingerprint density at radius 1 is 1.07 bits per heavy atom. The van der Waals surface area contributed by atoms with Crippen molar-refractivity contribution in [2.45, 2.75) is 115 Å². The van der Waals surface area contributed by atoms with E-state index in [1.807, 2.05) is 48.5 Å². The highest BCUT2D eigenvalue weighted by Crippen LogP contribution is 2.42. The number of alkyl halides is 1. The van der Waals surface area contributed by atoms with Gasteiger partial charge in [0.15, 0.2) is 12.6 Å². The highest BCUT2D eigenvalue weighted by atomic mass is 35.5. The van der Waals surface area contributed by atoms with Crippen molar-refractivity contribution in [3.05, 3.63) is 40.8 Å². The predicted molar refractivity (Wildman–Crippen MR) is 223 cm³/mol. The van der Waals surface area contributed by atoms with Crippen LogP contribution in [0.2, 0.25) is 5.02 Å². The van der Waals surface area contributed by atoms with Crippen LogP contribution in [0.3, 0.4) is 0 Å². The third-order valence-electron chi connectivity index (χ3n) is 10.5. The lowest BCUT2D eigenvalue weighted by Gasteiger charge is -2.40. The van der Waals surface area contributed by atoms with Gasteiger partial charge in [0.1, 0.15) is 40.9 Å². The Kier molecular flexibility index (Phi) is 13.7. The van der Waals surface area contributed by atoms with E-state index in [0.29, 0.717) is 55.6 Å².